The van der Waals surface area contributed by atoms with Gasteiger partial charge in [-0.2, -0.15) is 0 Å². The molecule has 0 spiro atoms. The van der Waals surface area contributed by atoms with Gasteiger partial charge in [-0.25, -0.2) is 9.13 Å². The minimum atomic E-state index is 0. The number of pyridine rings is 2. The van der Waals surface area contributed by atoms with Gasteiger partial charge in [-0.1, -0.05) is 30.3 Å². The molecule has 3 aromatic rings. The van der Waals surface area contributed by atoms with Crippen LogP contribution < -0.4 is 43.1 Å². The highest BCUT2D eigenvalue weighted by atomic mass is 79.9. The molecule has 0 bridgehead atoms. The van der Waals surface area contributed by atoms with E-state index in [0.29, 0.717) is 0 Å². The van der Waals surface area contributed by atoms with E-state index in [1.807, 2.05) is 0 Å². The standard InChI is InChI=1S/C28H38N2.2BrH/c1-25-14-13-21-29(24-25)20-10-3-5-16-27-18-7-8-19-28(27)17-6-4-11-22-30-23-12-9-15-26(30)2;;/h7-9,12-15,18-19,21,23-24H,3-6,10-11,16-17,20,22H2,1-2H3;2*1H/q+2;;/p-2. The second kappa shape index (κ2) is 16.1. The molecule has 2 nitrogen and oxygen atoms in total. The molecule has 0 fully saturated rings. The van der Waals surface area contributed by atoms with Crippen LogP contribution in [0.1, 0.15) is 60.9 Å². The number of halogens is 2. The van der Waals surface area contributed by atoms with Crippen molar-refractivity contribution in [3.63, 3.8) is 0 Å². The molecule has 2 aromatic heterocycles. The van der Waals surface area contributed by atoms with E-state index in [2.05, 4.69) is 96.2 Å². The topological polar surface area (TPSA) is 7.76 Å². The number of aryl methyl sites for hydroxylation is 6. The average molecular weight is 562 g/mol. The average Bonchev–Trinajstić information content (AvgIpc) is 2.75. The van der Waals surface area contributed by atoms with Crippen molar-refractivity contribution in [3.8, 4) is 0 Å². The first-order valence-corrected chi connectivity index (χ1v) is 11.7. The van der Waals surface area contributed by atoms with Crippen molar-refractivity contribution in [1.29, 1.82) is 0 Å². The van der Waals surface area contributed by atoms with Crippen LogP contribution in [-0.2, 0) is 25.9 Å². The Morgan fingerprint density at radius 2 is 1.22 bits per heavy atom. The Balaban J connectivity index is 0.00000256. The molecule has 0 amide bonds. The third kappa shape index (κ3) is 9.95. The molecule has 1 aromatic carbocycles. The van der Waals surface area contributed by atoms with E-state index in [9.17, 15) is 0 Å². The summed E-state index contributed by atoms with van der Waals surface area (Å²) < 4.78 is 4.68. The van der Waals surface area contributed by atoms with E-state index in [0.717, 1.165) is 13.1 Å². The molecule has 0 aliphatic carbocycles. The lowest BCUT2D eigenvalue weighted by Gasteiger charge is -2.09. The molecule has 4 heteroatoms. The van der Waals surface area contributed by atoms with Crippen molar-refractivity contribution >= 4 is 0 Å². The molecule has 0 saturated carbocycles. The SMILES string of the molecule is Cc1ccc[n+](CCCCCc2ccccc2CCCCC[n+]2ccccc2C)c1.[Br-].[Br-]. The predicted molar refractivity (Wildman–Crippen MR) is 124 cm³/mol. The molecular weight excluding hydrogens is 524 g/mol. The van der Waals surface area contributed by atoms with Gasteiger partial charge in [0.15, 0.2) is 24.3 Å². The minimum absolute atomic E-state index is 0. The van der Waals surface area contributed by atoms with Gasteiger partial charge in [-0.05, 0) is 62.6 Å². The largest absolute Gasteiger partial charge is 1.00 e. The van der Waals surface area contributed by atoms with Crippen molar-refractivity contribution in [2.24, 2.45) is 0 Å². The van der Waals surface area contributed by atoms with Crippen molar-refractivity contribution in [1.82, 2.24) is 0 Å². The van der Waals surface area contributed by atoms with Gasteiger partial charge < -0.3 is 34.0 Å². The lowest BCUT2D eigenvalue weighted by atomic mass is 9.97. The van der Waals surface area contributed by atoms with Gasteiger partial charge >= 0.3 is 0 Å². The lowest BCUT2D eigenvalue weighted by Crippen LogP contribution is -3.00. The predicted octanol–water partition coefficient (Wildman–Crippen LogP) is -0.288. The van der Waals surface area contributed by atoms with E-state index >= 15 is 0 Å². The molecular formula is C28H38Br2N2. The fourth-order valence-electron chi connectivity index (χ4n) is 4.21. The quantitative estimate of drug-likeness (QED) is 0.212. The molecule has 0 aliphatic rings. The maximum absolute atomic E-state index is 2.36. The van der Waals surface area contributed by atoms with Crippen LogP contribution in [0.2, 0.25) is 0 Å². The zero-order valence-corrected chi connectivity index (χ0v) is 22.8. The Hall–Kier alpha value is -1.52. The van der Waals surface area contributed by atoms with Gasteiger partial charge in [0.25, 0.3) is 0 Å². The van der Waals surface area contributed by atoms with Gasteiger partial charge in [0.1, 0.15) is 13.1 Å². The molecule has 0 radical (unpaired) electrons. The summed E-state index contributed by atoms with van der Waals surface area (Å²) in [6, 6.07) is 19.8. The number of hydrogen-bond acceptors (Lipinski definition) is 0. The van der Waals surface area contributed by atoms with Crippen molar-refractivity contribution < 1.29 is 43.1 Å². The third-order valence-corrected chi connectivity index (χ3v) is 6.00. The van der Waals surface area contributed by atoms with Crippen LogP contribution in [0, 0.1) is 13.8 Å². The zero-order chi connectivity index (χ0) is 21.0. The highest BCUT2D eigenvalue weighted by Gasteiger charge is 2.06. The highest BCUT2D eigenvalue weighted by Crippen LogP contribution is 2.16. The number of benzene rings is 1. The Bertz CT molecular complexity index is 911. The molecule has 3 rings (SSSR count). The Morgan fingerprint density at radius 1 is 0.594 bits per heavy atom. The summed E-state index contributed by atoms with van der Waals surface area (Å²) in [5.74, 6) is 0. The smallest absolute Gasteiger partial charge is 0.178 e. The summed E-state index contributed by atoms with van der Waals surface area (Å²) in [6.07, 6.45) is 16.7. The van der Waals surface area contributed by atoms with Gasteiger partial charge in [0.2, 0.25) is 0 Å². The normalized spacial score (nSPS) is 10.3. The van der Waals surface area contributed by atoms with E-state index in [1.165, 1.54) is 62.6 Å². The number of unbranched alkanes of at least 4 members (excludes halogenated alkanes) is 4. The van der Waals surface area contributed by atoms with Crippen LogP contribution in [0.15, 0.2) is 73.2 Å². The van der Waals surface area contributed by atoms with E-state index < -0.39 is 0 Å². The number of rotatable bonds is 12. The van der Waals surface area contributed by atoms with E-state index in [-0.39, 0.29) is 34.0 Å². The van der Waals surface area contributed by atoms with E-state index in [1.54, 1.807) is 11.1 Å². The molecule has 174 valence electrons. The molecule has 0 unspecified atom stereocenters. The van der Waals surface area contributed by atoms with Gasteiger partial charge in [0.05, 0.1) is 0 Å². The summed E-state index contributed by atoms with van der Waals surface area (Å²) in [4.78, 5) is 0. The Kier molecular flexibility index (Phi) is 14.4. The van der Waals surface area contributed by atoms with Crippen LogP contribution in [-0.4, -0.2) is 0 Å². The first kappa shape index (κ1) is 28.5. The summed E-state index contributed by atoms with van der Waals surface area (Å²) >= 11 is 0. The summed E-state index contributed by atoms with van der Waals surface area (Å²) in [5, 5.41) is 0. The maximum atomic E-state index is 2.36. The Labute approximate surface area is 216 Å². The molecule has 0 aliphatic heterocycles. The second-order valence-electron chi connectivity index (χ2n) is 8.54. The fourth-order valence-corrected chi connectivity index (χ4v) is 4.21. The number of hydrogen-bond donors (Lipinski definition) is 0. The summed E-state index contributed by atoms with van der Waals surface area (Å²) in [7, 11) is 0. The number of aromatic nitrogens is 2. The van der Waals surface area contributed by atoms with Crippen LogP contribution in [0.5, 0.6) is 0 Å². The highest BCUT2D eigenvalue weighted by molar-refractivity contribution is 5.27. The molecule has 0 N–H and O–H groups in total. The fraction of sp³-hybridized carbons (Fsp3) is 0.429. The maximum Gasteiger partial charge on any atom is 0.178 e. The van der Waals surface area contributed by atoms with Gasteiger partial charge in [-0.15, -0.1) is 0 Å². The van der Waals surface area contributed by atoms with Gasteiger partial charge in [0, 0.05) is 43.5 Å². The third-order valence-electron chi connectivity index (χ3n) is 6.00. The molecule has 2 heterocycles. The van der Waals surface area contributed by atoms with Crippen LogP contribution >= 0.6 is 0 Å². The summed E-state index contributed by atoms with van der Waals surface area (Å²) in [5.41, 5.74) is 5.82. The Morgan fingerprint density at radius 3 is 1.84 bits per heavy atom. The van der Waals surface area contributed by atoms with Gasteiger partial charge in [-0.3, -0.25) is 0 Å². The lowest BCUT2D eigenvalue weighted by molar-refractivity contribution is -0.703. The molecule has 32 heavy (non-hydrogen) atoms. The molecule has 0 saturated heterocycles. The van der Waals surface area contributed by atoms with Crippen LogP contribution in [0.3, 0.4) is 0 Å². The van der Waals surface area contributed by atoms with Crippen LogP contribution in [0.4, 0.5) is 0 Å². The summed E-state index contributed by atoms with van der Waals surface area (Å²) in [6.45, 7) is 6.61. The van der Waals surface area contributed by atoms with Crippen molar-refractivity contribution in [2.75, 3.05) is 0 Å². The van der Waals surface area contributed by atoms with Crippen molar-refractivity contribution in [3.05, 3.63) is 95.6 Å². The zero-order valence-electron chi connectivity index (χ0n) is 19.6. The molecule has 0 atom stereocenters. The second-order valence-corrected chi connectivity index (χ2v) is 8.54. The van der Waals surface area contributed by atoms with Crippen LogP contribution in [0.25, 0.3) is 0 Å². The van der Waals surface area contributed by atoms with Crippen molar-refractivity contribution in [2.45, 2.75) is 78.3 Å². The first-order valence-electron chi connectivity index (χ1n) is 11.7. The van der Waals surface area contributed by atoms with E-state index in [4.69, 9.17) is 0 Å². The number of nitrogens with zero attached hydrogens (tertiary/aromatic N) is 2. The monoisotopic (exact) mass is 560 g/mol. The minimum Gasteiger partial charge on any atom is -1.00 e. The first-order chi connectivity index (χ1) is 14.7.